The average Bonchev–Trinajstić information content (AvgIpc) is 2.91. The summed E-state index contributed by atoms with van der Waals surface area (Å²) in [5.74, 6) is 0.545. The lowest BCUT2D eigenvalue weighted by Gasteiger charge is -2.13. The van der Waals surface area contributed by atoms with E-state index in [0.717, 1.165) is 16.0 Å². The summed E-state index contributed by atoms with van der Waals surface area (Å²) in [6.07, 6.45) is 0. The van der Waals surface area contributed by atoms with Gasteiger partial charge < -0.3 is 14.2 Å². The van der Waals surface area contributed by atoms with E-state index < -0.39 is 17.0 Å². The van der Waals surface area contributed by atoms with Crippen LogP contribution in [0.4, 0.5) is 5.69 Å². The van der Waals surface area contributed by atoms with Crippen LogP contribution in [0.2, 0.25) is 0 Å². The van der Waals surface area contributed by atoms with Gasteiger partial charge in [-0.25, -0.2) is 9.00 Å². The quantitative estimate of drug-likeness (QED) is 0.173. The highest BCUT2D eigenvalue weighted by molar-refractivity contribution is 7.97. The molecule has 0 saturated heterocycles. The standard InChI is InChI=1S/C29H28N2O4S2/c1-20-4-13-25(14-5-20)36-30-19-22-8-10-23(11-9-22)35-24-12-17-28(27(18-24)29(32)34-3)31-37(33)26-15-6-21(2)7-16-26/h4-18,30-31H,19H2,1-3H3. The van der Waals surface area contributed by atoms with E-state index in [4.69, 9.17) is 9.47 Å². The number of anilines is 1. The summed E-state index contributed by atoms with van der Waals surface area (Å²) in [5, 5.41) is 0. The predicted octanol–water partition coefficient (Wildman–Crippen LogP) is 6.81. The molecule has 2 N–H and O–H groups in total. The molecule has 0 amide bonds. The number of hydrogen-bond donors (Lipinski definition) is 2. The lowest BCUT2D eigenvalue weighted by Crippen LogP contribution is -2.11. The Morgan fingerprint density at radius 3 is 2.11 bits per heavy atom. The maximum Gasteiger partial charge on any atom is 0.340 e. The van der Waals surface area contributed by atoms with Crippen molar-refractivity contribution in [3.8, 4) is 11.5 Å². The number of aryl methyl sites for hydroxylation is 2. The van der Waals surface area contributed by atoms with Gasteiger partial charge in [-0.3, -0.25) is 4.72 Å². The highest BCUT2D eigenvalue weighted by Gasteiger charge is 2.16. The Labute approximate surface area is 224 Å². The van der Waals surface area contributed by atoms with Gasteiger partial charge in [-0.2, -0.15) is 0 Å². The van der Waals surface area contributed by atoms with Crippen molar-refractivity contribution >= 4 is 34.6 Å². The van der Waals surface area contributed by atoms with E-state index in [-0.39, 0.29) is 5.56 Å². The van der Waals surface area contributed by atoms with Crippen molar-refractivity contribution in [3.63, 3.8) is 0 Å². The SMILES string of the molecule is COC(=O)c1cc(Oc2ccc(CNSc3ccc(C)cc3)cc2)ccc1NS(=O)c1ccc(C)cc1. The molecule has 37 heavy (non-hydrogen) atoms. The summed E-state index contributed by atoms with van der Waals surface area (Å²) in [4.78, 5) is 14.2. The molecule has 4 aromatic rings. The molecule has 190 valence electrons. The molecule has 1 atom stereocenters. The minimum atomic E-state index is -1.54. The molecule has 0 fully saturated rings. The van der Waals surface area contributed by atoms with Gasteiger partial charge in [0.25, 0.3) is 0 Å². The van der Waals surface area contributed by atoms with Gasteiger partial charge in [0.1, 0.15) is 22.5 Å². The molecule has 0 aliphatic rings. The van der Waals surface area contributed by atoms with Crippen LogP contribution in [0, 0.1) is 13.8 Å². The van der Waals surface area contributed by atoms with Crippen LogP contribution in [0.5, 0.6) is 11.5 Å². The van der Waals surface area contributed by atoms with Crippen molar-refractivity contribution < 1.29 is 18.5 Å². The molecule has 0 spiro atoms. The molecule has 4 rings (SSSR count). The van der Waals surface area contributed by atoms with Crippen LogP contribution in [0.25, 0.3) is 0 Å². The van der Waals surface area contributed by atoms with Crippen LogP contribution in [0.15, 0.2) is 101 Å². The van der Waals surface area contributed by atoms with Crippen LogP contribution in [0.3, 0.4) is 0 Å². The van der Waals surface area contributed by atoms with Gasteiger partial charge >= 0.3 is 5.97 Å². The Kier molecular flexibility index (Phi) is 9.00. The van der Waals surface area contributed by atoms with Gasteiger partial charge in [-0.1, -0.05) is 47.5 Å². The van der Waals surface area contributed by atoms with Crippen LogP contribution in [0.1, 0.15) is 27.0 Å². The number of hydrogen-bond acceptors (Lipinski definition) is 6. The van der Waals surface area contributed by atoms with Gasteiger partial charge in [0.15, 0.2) is 0 Å². The summed E-state index contributed by atoms with van der Waals surface area (Å²) < 4.78 is 29.9. The number of esters is 1. The number of rotatable bonds is 10. The second kappa shape index (κ2) is 12.6. The molecular formula is C29H28N2O4S2. The molecule has 0 saturated carbocycles. The number of methoxy groups -OCH3 is 1. The number of nitrogens with one attached hydrogen (secondary N) is 2. The lowest BCUT2D eigenvalue weighted by atomic mass is 10.1. The molecule has 0 aromatic heterocycles. The topological polar surface area (TPSA) is 76.7 Å². The Bertz CT molecular complexity index is 1370. The third kappa shape index (κ3) is 7.45. The first-order chi connectivity index (χ1) is 17.9. The average molecular weight is 533 g/mol. The minimum absolute atomic E-state index is 0.231. The highest BCUT2D eigenvalue weighted by Crippen LogP contribution is 2.28. The maximum absolute atomic E-state index is 12.8. The lowest BCUT2D eigenvalue weighted by molar-refractivity contribution is 0.0601. The summed E-state index contributed by atoms with van der Waals surface area (Å²) in [6, 6.07) is 28.4. The van der Waals surface area contributed by atoms with Gasteiger partial charge in [-0.15, -0.1) is 0 Å². The normalized spacial score (nSPS) is 11.5. The van der Waals surface area contributed by atoms with Gasteiger partial charge in [0.2, 0.25) is 0 Å². The van der Waals surface area contributed by atoms with Crippen molar-refractivity contribution in [2.45, 2.75) is 30.2 Å². The van der Waals surface area contributed by atoms with Gasteiger partial charge in [0, 0.05) is 11.4 Å². The third-order valence-electron chi connectivity index (χ3n) is 5.48. The van der Waals surface area contributed by atoms with E-state index in [0.29, 0.717) is 28.6 Å². The molecule has 0 aliphatic heterocycles. The third-order valence-corrected chi connectivity index (χ3v) is 7.38. The zero-order chi connectivity index (χ0) is 26.2. The maximum atomic E-state index is 12.8. The minimum Gasteiger partial charge on any atom is -0.465 e. The van der Waals surface area contributed by atoms with Crippen LogP contribution in [-0.4, -0.2) is 17.3 Å². The number of carbonyl (C=O) groups is 1. The molecular weight excluding hydrogens is 504 g/mol. The highest BCUT2D eigenvalue weighted by atomic mass is 32.2. The Morgan fingerprint density at radius 1 is 0.838 bits per heavy atom. The monoisotopic (exact) mass is 532 g/mol. The number of benzene rings is 4. The summed E-state index contributed by atoms with van der Waals surface area (Å²) in [6.45, 7) is 4.73. The van der Waals surface area contributed by atoms with Crippen molar-refractivity contribution in [2.75, 3.05) is 11.8 Å². The Morgan fingerprint density at radius 2 is 1.46 bits per heavy atom. The molecule has 0 bridgehead atoms. The smallest absolute Gasteiger partial charge is 0.340 e. The fourth-order valence-electron chi connectivity index (χ4n) is 3.40. The van der Waals surface area contributed by atoms with Crippen molar-refractivity contribution in [3.05, 3.63) is 113 Å². The molecule has 1 unspecified atom stereocenters. The van der Waals surface area contributed by atoms with E-state index in [9.17, 15) is 9.00 Å². The first-order valence-electron chi connectivity index (χ1n) is 11.6. The summed E-state index contributed by atoms with van der Waals surface area (Å²) >= 11 is 1.59. The predicted molar refractivity (Wildman–Crippen MR) is 149 cm³/mol. The van der Waals surface area contributed by atoms with E-state index >= 15 is 0 Å². The second-order valence-electron chi connectivity index (χ2n) is 8.37. The molecule has 4 aromatic carbocycles. The van der Waals surface area contributed by atoms with E-state index in [1.165, 1.54) is 12.7 Å². The van der Waals surface area contributed by atoms with Crippen molar-refractivity contribution in [1.29, 1.82) is 0 Å². The van der Waals surface area contributed by atoms with Gasteiger partial charge in [0.05, 0.1) is 23.3 Å². The number of ether oxygens (including phenoxy) is 2. The summed E-state index contributed by atoms with van der Waals surface area (Å²) in [7, 11) is -0.235. The molecule has 0 aliphatic carbocycles. The molecule has 0 heterocycles. The second-order valence-corrected chi connectivity index (χ2v) is 10.5. The van der Waals surface area contributed by atoms with E-state index in [2.05, 4.69) is 40.6 Å². The van der Waals surface area contributed by atoms with E-state index in [1.807, 2.05) is 43.3 Å². The van der Waals surface area contributed by atoms with Crippen LogP contribution >= 0.6 is 11.9 Å². The zero-order valence-electron chi connectivity index (χ0n) is 20.8. The largest absolute Gasteiger partial charge is 0.465 e. The van der Waals surface area contributed by atoms with Crippen molar-refractivity contribution in [2.24, 2.45) is 0 Å². The fraction of sp³-hybridized carbons (Fsp3) is 0.138. The molecule has 0 radical (unpaired) electrons. The van der Waals surface area contributed by atoms with Crippen molar-refractivity contribution in [1.82, 2.24) is 4.72 Å². The van der Waals surface area contributed by atoms with Gasteiger partial charge in [-0.05, 0) is 86.0 Å². The molecule has 8 heteroatoms. The van der Waals surface area contributed by atoms with E-state index in [1.54, 1.807) is 42.3 Å². The first-order valence-corrected chi connectivity index (χ1v) is 13.6. The number of carbonyl (C=O) groups excluding carboxylic acids is 1. The first kappa shape index (κ1) is 26.5. The summed E-state index contributed by atoms with van der Waals surface area (Å²) in [5.41, 5.74) is 4.05. The fourth-order valence-corrected chi connectivity index (χ4v) is 4.95. The van der Waals surface area contributed by atoms with Crippen LogP contribution in [-0.2, 0) is 22.3 Å². The van der Waals surface area contributed by atoms with Crippen LogP contribution < -0.4 is 14.2 Å². The Hall–Kier alpha value is -3.59. The Balaban J connectivity index is 1.40. The zero-order valence-corrected chi connectivity index (χ0v) is 22.4. The molecule has 6 nitrogen and oxygen atoms in total.